The number of carboxylic acids is 1. The Morgan fingerprint density at radius 2 is 1.79 bits per heavy atom. The molecule has 1 aromatic heterocycles. The van der Waals surface area contributed by atoms with Crippen LogP contribution in [0.25, 0.3) is 0 Å². The van der Waals surface area contributed by atoms with Gasteiger partial charge in [0.05, 0.1) is 0 Å². The van der Waals surface area contributed by atoms with Gasteiger partial charge in [-0.15, -0.1) is 12.4 Å². The fraction of sp³-hybridized carbons (Fsp3) is 0.294. The molecule has 2 aromatic rings. The van der Waals surface area contributed by atoms with Gasteiger partial charge >= 0.3 is 5.97 Å². The largest absolute Gasteiger partial charge is 0.478 e. The third-order valence-corrected chi connectivity index (χ3v) is 4.26. The Kier molecular flexibility index (Phi) is 6.43. The van der Waals surface area contributed by atoms with Crippen molar-refractivity contribution < 1.29 is 9.90 Å². The second-order valence-corrected chi connectivity index (χ2v) is 6.01. The quantitative estimate of drug-likeness (QED) is 0.899. The number of aromatic nitrogens is 1. The summed E-state index contributed by atoms with van der Waals surface area (Å²) in [7, 11) is 0. The smallest absolute Gasteiger partial charge is 0.339 e. The van der Waals surface area contributed by atoms with Crippen LogP contribution in [0.2, 0.25) is 5.02 Å². The van der Waals surface area contributed by atoms with E-state index in [1.54, 1.807) is 18.3 Å². The normalized spacial score (nSPS) is 15.0. The molecule has 1 aliphatic rings. The van der Waals surface area contributed by atoms with Gasteiger partial charge in [-0.3, -0.25) is 4.90 Å². The molecular formula is C17H19Cl2N3O2. The van der Waals surface area contributed by atoms with Gasteiger partial charge in [0.1, 0.15) is 11.4 Å². The molecule has 0 amide bonds. The van der Waals surface area contributed by atoms with Crippen LogP contribution >= 0.6 is 24.0 Å². The number of halogens is 2. The zero-order valence-electron chi connectivity index (χ0n) is 13.1. The molecule has 1 aliphatic heterocycles. The van der Waals surface area contributed by atoms with E-state index in [1.807, 2.05) is 29.2 Å². The topological polar surface area (TPSA) is 56.7 Å². The summed E-state index contributed by atoms with van der Waals surface area (Å²) in [5, 5.41) is 10.0. The van der Waals surface area contributed by atoms with E-state index in [0.717, 1.165) is 37.7 Å². The van der Waals surface area contributed by atoms with E-state index in [4.69, 9.17) is 11.6 Å². The summed E-state index contributed by atoms with van der Waals surface area (Å²) in [5.41, 5.74) is 1.49. The van der Waals surface area contributed by atoms with Crippen molar-refractivity contribution in [1.29, 1.82) is 0 Å². The van der Waals surface area contributed by atoms with Crippen LogP contribution in [-0.4, -0.2) is 47.1 Å². The van der Waals surface area contributed by atoms with Crippen molar-refractivity contribution in [3.63, 3.8) is 0 Å². The summed E-state index contributed by atoms with van der Waals surface area (Å²) in [5.74, 6) is -0.372. The van der Waals surface area contributed by atoms with Gasteiger partial charge in [-0.1, -0.05) is 23.7 Å². The average Bonchev–Trinajstić information content (AvgIpc) is 2.58. The first-order valence-electron chi connectivity index (χ1n) is 7.53. The van der Waals surface area contributed by atoms with E-state index in [-0.39, 0.29) is 18.0 Å². The highest BCUT2D eigenvalue weighted by Crippen LogP contribution is 2.20. The third kappa shape index (κ3) is 4.38. The minimum absolute atomic E-state index is 0. The van der Waals surface area contributed by atoms with Crippen molar-refractivity contribution in [2.24, 2.45) is 0 Å². The van der Waals surface area contributed by atoms with E-state index in [1.165, 1.54) is 5.56 Å². The molecule has 3 rings (SSSR count). The standard InChI is InChI=1S/C17H18ClN3O2.ClH/c18-14-5-3-13(4-6-14)12-20-8-10-21(11-9-20)16-15(17(22)23)2-1-7-19-16;/h1-7H,8-12H2,(H,22,23);1H. The molecule has 7 heteroatoms. The first-order valence-corrected chi connectivity index (χ1v) is 7.91. The SMILES string of the molecule is Cl.O=C(O)c1cccnc1N1CCN(Cc2ccc(Cl)cc2)CC1. The Bertz CT molecular complexity index is 686. The van der Waals surface area contributed by atoms with Gasteiger partial charge in [0, 0.05) is 43.9 Å². The minimum atomic E-state index is -0.934. The predicted molar refractivity (Wildman–Crippen MR) is 97.4 cm³/mol. The molecule has 0 aliphatic carbocycles. The molecule has 24 heavy (non-hydrogen) atoms. The Labute approximate surface area is 152 Å². The van der Waals surface area contributed by atoms with Gasteiger partial charge in [-0.05, 0) is 29.8 Å². The maximum absolute atomic E-state index is 11.3. The van der Waals surface area contributed by atoms with Gasteiger partial charge in [0.25, 0.3) is 0 Å². The van der Waals surface area contributed by atoms with Crippen LogP contribution in [0.1, 0.15) is 15.9 Å². The molecule has 1 saturated heterocycles. The number of aromatic carboxylic acids is 1. The molecule has 0 spiro atoms. The maximum atomic E-state index is 11.3. The highest BCUT2D eigenvalue weighted by Gasteiger charge is 2.22. The second kappa shape index (κ2) is 8.33. The van der Waals surface area contributed by atoms with Gasteiger partial charge < -0.3 is 10.0 Å². The lowest BCUT2D eigenvalue weighted by Gasteiger charge is -2.35. The van der Waals surface area contributed by atoms with Crippen molar-refractivity contribution in [3.05, 3.63) is 58.7 Å². The molecule has 0 bridgehead atoms. The number of rotatable bonds is 4. The summed E-state index contributed by atoms with van der Waals surface area (Å²) in [4.78, 5) is 20.0. The lowest BCUT2D eigenvalue weighted by molar-refractivity contribution is 0.0697. The molecule has 0 unspecified atom stereocenters. The molecule has 2 heterocycles. The fourth-order valence-corrected chi connectivity index (χ4v) is 2.91. The summed E-state index contributed by atoms with van der Waals surface area (Å²) < 4.78 is 0. The Morgan fingerprint density at radius 1 is 1.12 bits per heavy atom. The predicted octanol–water partition coefficient (Wildman–Crippen LogP) is 3.18. The molecule has 0 radical (unpaired) electrons. The number of nitrogens with zero attached hydrogens (tertiary/aromatic N) is 3. The van der Waals surface area contributed by atoms with Crippen molar-refractivity contribution in [1.82, 2.24) is 9.88 Å². The number of hydrogen-bond acceptors (Lipinski definition) is 4. The number of benzene rings is 1. The minimum Gasteiger partial charge on any atom is -0.478 e. The Hall–Kier alpha value is -1.82. The van der Waals surface area contributed by atoms with Crippen molar-refractivity contribution >= 4 is 35.8 Å². The number of hydrogen-bond donors (Lipinski definition) is 1. The lowest BCUT2D eigenvalue weighted by Crippen LogP contribution is -2.46. The highest BCUT2D eigenvalue weighted by atomic mass is 35.5. The monoisotopic (exact) mass is 367 g/mol. The van der Waals surface area contributed by atoms with Crippen molar-refractivity contribution in [3.8, 4) is 0 Å². The van der Waals surface area contributed by atoms with Crippen LogP contribution in [0, 0.1) is 0 Å². The summed E-state index contributed by atoms with van der Waals surface area (Å²) in [6, 6.07) is 11.1. The summed E-state index contributed by atoms with van der Waals surface area (Å²) in [6.45, 7) is 4.16. The lowest BCUT2D eigenvalue weighted by atomic mass is 10.2. The zero-order chi connectivity index (χ0) is 16.2. The average molecular weight is 368 g/mol. The molecule has 128 valence electrons. The van der Waals surface area contributed by atoms with Crippen LogP contribution in [0.15, 0.2) is 42.6 Å². The summed E-state index contributed by atoms with van der Waals surface area (Å²) in [6.07, 6.45) is 1.64. The van der Waals surface area contributed by atoms with Crippen molar-refractivity contribution in [2.45, 2.75) is 6.54 Å². The van der Waals surface area contributed by atoms with Crippen LogP contribution < -0.4 is 4.90 Å². The van der Waals surface area contributed by atoms with Gasteiger partial charge in [0.15, 0.2) is 0 Å². The molecule has 5 nitrogen and oxygen atoms in total. The van der Waals surface area contributed by atoms with Crippen LogP contribution in [0.3, 0.4) is 0 Å². The highest BCUT2D eigenvalue weighted by molar-refractivity contribution is 6.30. The van der Waals surface area contributed by atoms with Crippen LogP contribution in [0.4, 0.5) is 5.82 Å². The number of anilines is 1. The summed E-state index contributed by atoms with van der Waals surface area (Å²) >= 11 is 5.91. The zero-order valence-corrected chi connectivity index (χ0v) is 14.6. The van der Waals surface area contributed by atoms with Gasteiger partial charge in [0.2, 0.25) is 0 Å². The Morgan fingerprint density at radius 3 is 2.42 bits per heavy atom. The van der Waals surface area contributed by atoms with E-state index in [0.29, 0.717) is 5.82 Å². The maximum Gasteiger partial charge on any atom is 0.339 e. The molecular weight excluding hydrogens is 349 g/mol. The van der Waals surface area contributed by atoms with E-state index < -0.39 is 5.97 Å². The van der Waals surface area contributed by atoms with Crippen LogP contribution in [-0.2, 0) is 6.54 Å². The molecule has 0 saturated carbocycles. The first kappa shape index (κ1) is 18.5. The van der Waals surface area contributed by atoms with Crippen LogP contribution in [0.5, 0.6) is 0 Å². The van der Waals surface area contributed by atoms with E-state index in [9.17, 15) is 9.90 Å². The third-order valence-electron chi connectivity index (χ3n) is 4.01. The second-order valence-electron chi connectivity index (χ2n) is 5.57. The van der Waals surface area contributed by atoms with Gasteiger partial charge in [-0.25, -0.2) is 9.78 Å². The molecule has 1 fully saturated rings. The van der Waals surface area contributed by atoms with E-state index in [2.05, 4.69) is 9.88 Å². The molecule has 1 aromatic carbocycles. The van der Waals surface area contributed by atoms with E-state index >= 15 is 0 Å². The molecule has 0 atom stereocenters. The first-order chi connectivity index (χ1) is 11.1. The number of pyridine rings is 1. The molecule has 1 N–H and O–H groups in total. The number of carboxylic acid groups (broad SMARTS) is 1. The number of piperazine rings is 1. The number of carbonyl (C=O) groups is 1. The van der Waals surface area contributed by atoms with Gasteiger partial charge in [-0.2, -0.15) is 0 Å². The Balaban J connectivity index is 0.00000208. The fourth-order valence-electron chi connectivity index (χ4n) is 2.78. The van der Waals surface area contributed by atoms with Crippen molar-refractivity contribution in [2.75, 3.05) is 31.1 Å².